The molecule has 0 radical (unpaired) electrons. The Labute approximate surface area is 119 Å². The zero-order valence-corrected chi connectivity index (χ0v) is 11.9. The number of pyridine rings is 1. The Hall–Kier alpha value is -1.57. The number of nitrogens with zero attached hydrogens (tertiary/aromatic N) is 1. The van der Waals surface area contributed by atoms with Crippen LogP contribution in [-0.2, 0) is 12.8 Å². The van der Waals surface area contributed by atoms with E-state index in [1.54, 1.807) is 5.56 Å². The Bertz CT molecular complexity index is 721. The lowest BCUT2D eigenvalue weighted by Gasteiger charge is -2.27. The summed E-state index contributed by atoms with van der Waals surface area (Å²) in [4.78, 5) is 4.60. The lowest BCUT2D eigenvalue weighted by atomic mass is 9.77. The molecule has 2 aliphatic carbocycles. The lowest BCUT2D eigenvalue weighted by molar-refractivity contribution is 0.360. The minimum atomic E-state index is 0.806. The number of fused-ring (bicyclic) bond motifs is 4. The van der Waals surface area contributed by atoms with E-state index in [0.717, 1.165) is 43.0 Å². The Morgan fingerprint density at radius 3 is 2.95 bits per heavy atom. The molecule has 2 fully saturated rings. The molecule has 3 atom stereocenters. The van der Waals surface area contributed by atoms with Crippen molar-refractivity contribution < 1.29 is 4.74 Å². The molecule has 102 valence electrons. The summed E-state index contributed by atoms with van der Waals surface area (Å²) >= 11 is 0. The van der Waals surface area contributed by atoms with Gasteiger partial charge in [0.05, 0.1) is 6.61 Å². The van der Waals surface area contributed by atoms with Crippen molar-refractivity contribution in [3.8, 4) is 5.75 Å². The number of hydrogen-bond donors (Lipinski definition) is 0. The maximum absolute atomic E-state index is 5.87. The third-order valence-electron chi connectivity index (χ3n) is 5.57. The van der Waals surface area contributed by atoms with Gasteiger partial charge in [0.2, 0.25) is 0 Å². The van der Waals surface area contributed by atoms with Crippen LogP contribution in [0.15, 0.2) is 18.3 Å². The molecular formula is C18H19NO. The predicted molar refractivity (Wildman–Crippen MR) is 79.3 cm³/mol. The first-order valence-corrected chi connectivity index (χ1v) is 7.92. The van der Waals surface area contributed by atoms with Crippen LogP contribution in [-0.4, -0.2) is 11.6 Å². The molecule has 20 heavy (non-hydrogen) atoms. The molecule has 2 heteroatoms. The average molecular weight is 265 g/mol. The van der Waals surface area contributed by atoms with Gasteiger partial charge in [-0.1, -0.05) is 13.0 Å². The van der Waals surface area contributed by atoms with Crippen LogP contribution in [0.5, 0.6) is 5.75 Å². The van der Waals surface area contributed by atoms with Crippen LogP contribution >= 0.6 is 0 Å². The third-order valence-corrected chi connectivity index (χ3v) is 5.57. The van der Waals surface area contributed by atoms with Crippen LogP contribution in [0.25, 0.3) is 10.8 Å². The molecule has 5 rings (SSSR count). The quantitative estimate of drug-likeness (QED) is 0.822. The number of ether oxygens (including phenoxy) is 1. The van der Waals surface area contributed by atoms with Gasteiger partial charge in [-0.25, -0.2) is 0 Å². The van der Waals surface area contributed by atoms with Crippen LogP contribution in [0, 0.1) is 11.8 Å². The van der Waals surface area contributed by atoms with E-state index in [-0.39, 0.29) is 0 Å². The van der Waals surface area contributed by atoms with E-state index in [4.69, 9.17) is 4.74 Å². The summed E-state index contributed by atoms with van der Waals surface area (Å²) in [6, 6.07) is 4.76. The van der Waals surface area contributed by atoms with Crippen LogP contribution < -0.4 is 4.74 Å². The highest BCUT2D eigenvalue weighted by atomic mass is 16.5. The van der Waals surface area contributed by atoms with E-state index in [2.05, 4.69) is 24.0 Å². The molecule has 2 heterocycles. The monoisotopic (exact) mass is 265 g/mol. The first-order valence-electron chi connectivity index (χ1n) is 7.92. The van der Waals surface area contributed by atoms with Crippen molar-refractivity contribution in [1.29, 1.82) is 0 Å². The molecule has 2 saturated carbocycles. The number of aromatic nitrogens is 1. The minimum Gasteiger partial charge on any atom is -0.492 e. The fraction of sp³-hybridized carbons (Fsp3) is 0.500. The molecule has 0 saturated heterocycles. The largest absolute Gasteiger partial charge is 0.492 e. The summed E-state index contributed by atoms with van der Waals surface area (Å²) in [7, 11) is 0. The lowest BCUT2D eigenvalue weighted by Crippen LogP contribution is -2.14. The summed E-state index contributed by atoms with van der Waals surface area (Å²) in [5, 5.41) is 2.66. The van der Waals surface area contributed by atoms with Crippen molar-refractivity contribution in [2.75, 3.05) is 6.61 Å². The summed E-state index contributed by atoms with van der Waals surface area (Å²) in [5.41, 5.74) is 4.19. The first-order chi connectivity index (χ1) is 9.85. The Balaban J connectivity index is 1.78. The molecule has 0 amide bonds. The Morgan fingerprint density at radius 1 is 1.25 bits per heavy atom. The van der Waals surface area contributed by atoms with E-state index < -0.39 is 0 Å². The molecule has 1 aromatic heterocycles. The fourth-order valence-corrected chi connectivity index (χ4v) is 4.24. The normalized spacial score (nSPS) is 29.6. The van der Waals surface area contributed by atoms with E-state index in [1.807, 2.05) is 6.20 Å². The van der Waals surface area contributed by atoms with Gasteiger partial charge in [0, 0.05) is 23.7 Å². The molecule has 0 spiro atoms. The van der Waals surface area contributed by atoms with Crippen molar-refractivity contribution in [3.05, 3.63) is 35.2 Å². The van der Waals surface area contributed by atoms with Gasteiger partial charge in [0.1, 0.15) is 5.75 Å². The molecule has 0 bridgehead atoms. The van der Waals surface area contributed by atoms with Crippen molar-refractivity contribution in [3.63, 3.8) is 0 Å². The van der Waals surface area contributed by atoms with Crippen LogP contribution in [0.1, 0.15) is 42.5 Å². The number of rotatable bonds is 2. The molecule has 1 aromatic carbocycles. The molecule has 3 aliphatic rings. The third kappa shape index (κ3) is 1.37. The number of benzene rings is 1. The first kappa shape index (κ1) is 11.1. The predicted octanol–water partition coefficient (Wildman–Crippen LogP) is 3.86. The van der Waals surface area contributed by atoms with Crippen LogP contribution in [0.3, 0.4) is 0 Å². The summed E-state index contributed by atoms with van der Waals surface area (Å²) in [5.74, 6) is 3.94. The van der Waals surface area contributed by atoms with E-state index in [9.17, 15) is 0 Å². The number of hydrogen-bond acceptors (Lipinski definition) is 2. The summed E-state index contributed by atoms with van der Waals surface area (Å²) < 4.78 is 5.87. The highest BCUT2D eigenvalue weighted by Crippen LogP contribution is 2.65. The van der Waals surface area contributed by atoms with Crippen molar-refractivity contribution in [2.45, 2.75) is 38.5 Å². The van der Waals surface area contributed by atoms with Gasteiger partial charge in [-0.05, 0) is 59.6 Å². The molecular weight excluding hydrogens is 246 g/mol. The molecule has 3 unspecified atom stereocenters. The summed E-state index contributed by atoms with van der Waals surface area (Å²) in [6.07, 6.45) is 6.98. The van der Waals surface area contributed by atoms with Gasteiger partial charge in [-0.15, -0.1) is 0 Å². The van der Waals surface area contributed by atoms with E-state index >= 15 is 0 Å². The van der Waals surface area contributed by atoms with Crippen molar-refractivity contribution in [2.24, 2.45) is 11.8 Å². The van der Waals surface area contributed by atoms with Crippen LogP contribution in [0.2, 0.25) is 0 Å². The zero-order valence-electron chi connectivity index (χ0n) is 11.9. The second-order valence-electron chi connectivity index (χ2n) is 6.63. The van der Waals surface area contributed by atoms with Gasteiger partial charge in [0.25, 0.3) is 0 Å². The standard InChI is InChI=1S/C18H19NO/c1-2-12-8-16-15(14-7-11-6-13(11)14)5-10-3-4-20-18(10)17(16)9-19-12/h5,8-9,11,13-14H,2-4,6-7H2,1H3. The highest BCUT2D eigenvalue weighted by Gasteiger charge is 2.54. The molecule has 0 N–H and O–H groups in total. The SMILES string of the molecule is CCc1cc2c(C3CC4CC43)cc3c(c2cn1)OCC3. The topological polar surface area (TPSA) is 22.1 Å². The Kier molecular flexibility index (Phi) is 2.09. The Morgan fingerprint density at radius 2 is 2.20 bits per heavy atom. The van der Waals surface area contributed by atoms with Gasteiger partial charge < -0.3 is 4.74 Å². The fourth-order valence-electron chi connectivity index (χ4n) is 4.24. The second-order valence-corrected chi connectivity index (χ2v) is 6.63. The van der Waals surface area contributed by atoms with Crippen molar-refractivity contribution in [1.82, 2.24) is 4.98 Å². The summed E-state index contributed by atoms with van der Waals surface area (Å²) in [6.45, 7) is 3.01. The average Bonchev–Trinajstić information content (AvgIpc) is 2.89. The molecule has 2 aromatic rings. The van der Waals surface area contributed by atoms with Gasteiger partial charge in [-0.3, -0.25) is 4.98 Å². The van der Waals surface area contributed by atoms with Gasteiger partial charge >= 0.3 is 0 Å². The minimum absolute atomic E-state index is 0.806. The highest BCUT2D eigenvalue weighted by molar-refractivity contribution is 5.93. The van der Waals surface area contributed by atoms with Gasteiger partial charge in [-0.2, -0.15) is 0 Å². The van der Waals surface area contributed by atoms with Crippen LogP contribution in [0.4, 0.5) is 0 Å². The number of aryl methyl sites for hydroxylation is 1. The smallest absolute Gasteiger partial charge is 0.132 e. The maximum Gasteiger partial charge on any atom is 0.132 e. The van der Waals surface area contributed by atoms with Crippen molar-refractivity contribution >= 4 is 10.8 Å². The molecule has 1 aliphatic heterocycles. The molecule has 2 nitrogen and oxygen atoms in total. The maximum atomic E-state index is 5.87. The zero-order chi connectivity index (χ0) is 13.3. The van der Waals surface area contributed by atoms with E-state index in [1.165, 1.54) is 34.9 Å². The van der Waals surface area contributed by atoms with Gasteiger partial charge in [0.15, 0.2) is 0 Å². The second kappa shape index (κ2) is 3.75. The van der Waals surface area contributed by atoms with E-state index in [0.29, 0.717) is 0 Å².